The van der Waals surface area contributed by atoms with Crippen molar-refractivity contribution in [1.29, 1.82) is 0 Å². The van der Waals surface area contributed by atoms with E-state index in [2.05, 4.69) is 5.32 Å². The van der Waals surface area contributed by atoms with Crippen molar-refractivity contribution in [2.24, 2.45) is 5.92 Å². The Hall–Kier alpha value is -3.64. The van der Waals surface area contributed by atoms with Crippen LogP contribution < -0.4 is 15.8 Å². The van der Waals surface area contributed by atoms with Gasteiger partial charge in [0.25, 0.3) is 5.56 Å². The molecule has 2 heterocycles. The number of benzene rings is 3. The number of nitrogens with zero attached hydrogens (tertiary/aromatic N) is 3. The second-order valence-electron chi connectivity index (χ2n) is 8.90. The van der Waals surface area contributed by atoms with Crippen LogP contribution in [0.2, 0.25) is 5.02 Å². The molecule has 35 heavy (non-hydrogen) atoms. The molecular weight excluding hydrogens is 460 g/mol. The number of aromatic nitrogens is 2. The lowest BCUT2D eigenvalue weighted by molar-refractivity contribution is -0.125. The monoisotopic (exact) mass is 486 g/mol. The molecule has 4 aromatic rings. The Morgan fingerprint density at radius 2 is 1.74 bits per heavy atom. The Morgan fingerprint density at radius 3 is 2.57 bits per heavy atom. The van der Waals surface area contributed by atoms with Gasteiger partial charge in [-0.2, -0.15) is 0 Å². The number of anilines is 1. The molecule has 3 aromatic carbocycles. The van der Waals surface area contributed by atoms with E-state index in [1.165, 1.54) is 0 Å². The van der Waals surface area contributed by atoms with E-state index in [-0.39, 0.29) is 17.4 Å². The third-order valence-corrected chi connectivity index (χ3v) is 6.89. The largest absolute Gasteiger partial charge is 0.352 e. The molecule has 0 unspecified atom stereocenters. The van der Waals surface area contributed by atoms with Gasteiger partial charge in [0.15, 0.2) is 5.82 Å². The predicted octanol–water partition coefficient (Wildman–Crippen LogP) is 4.63. The fraction of sp³-hybridized carbons (Fsp3) is 0.250. The van der Waals surface area contributed by atoms with Crippen LogP contribution in [0.1, 0.15) is 24.0 Å². The summed E-state index contributed by atoms with van der Waals surface area (Å²) in [7, 11) is 0. The number of rotatable bonds is 6. The molecule has 1 N–H and O–H groups in total. The quantitative estimate of drug-likeness (QED) is 0.431. The van der Waals surface area contributed by atoms with Gasteiger partial charge in [-0.05, 0) is 42.2 Å². The minimum Gasteiger partial charge on any atom is -0.352 e. The van der Waals surface area contributed by atoms with E-state index < -0.39 is 0 Å². The summed E-state index contributed by atoms with van der Waals surface area (Å²) in [5.41, 5.74) is 3.37. The fourth-order valence-electron chi connectivity index (χ4n) is 4.66. The van der Waals surface area contributed by atoms with Crippen molar-refractivity contribution < 1.29 is 4.79 Å². The summed E-state index contributed by atoms with van der Waals surface area (Å²) in [6, 6.07) is 25.1. The summed E-state index contributed by atoms with van der Waals surface area (Å²) in [6.07, 6.45) is 1.59. The first-order valence-corrected chi connectivity index (χ1v) is 12.3. The normalized spacial score (nSPS) is 15.8. The third kappa shape index (κ3) is 5.08. The van der Waals surface area contributed by atoms with Crippen LogP contribution in [0.4, 0.5) is 5.82 Å². The topological polar surface area (TPSA) is 67.2 Å². The van der Waals surface area contributed by atoms with Gasteiger partial charge in [-0.3, -0.25) is 14.2 Å². The summed E-state index contributed by atoms with van der Waals surface area (Å²) in [5.74, 6) is 0.157. The maximum Gasteiger partial charge on any atom is 0.294 e. The molecular formula is C28H27ClN4O2. The fourth-order valence-corrected chi connectivity index (χ4v) is 4.86. The van der Waals surface area contributed by atoms with Crippen molar-refractivity contribution in [3.8, 4) is 0 Å². The molecule has 1 amide bonds. The van der Waals surface area contributed by atoms with Crippen LogP contribution in [0.3, 0.4) is 0 Å². The van der Waals surface area contributed by atoms with E-state index in [1.54, 1.807) is 4.57 Å². The van der Waals surface area contributed by atoms with Crippen molar-refractivity contribution in [2.45, 2.75) is 25.9 Å². The average molecular weight is 487 g/mol. The molecule has 0 spiro atoms. The Kier molecular flexibility index (Phi) is 6.82. The number of para-hydroxylation sites is 2. The molecule has 0 saturated carbocycles. The van der Waals surface area contributed by atoms with E-state index in [9.17, 15) is 9.59 Å². The standard InChI is InChI=1S/C28H27ClN4O2/c29-23-13-5-4-11-21(23)17-30-27(34)22-12-8-16-32(19-22)26-28(35)33(18-20-9-2-1-3-10-20)25-15-7-6-14-24(25)31-26/h1-7,9-11,13-15,22H,8,12,16-19H2,(H,30,34)/t22-/m0/s1. The maximum atomic E-state index is 13.7. The molecule has 1 atom stereocenters. The van der Waals surface area contributed by atoms with Crippen LogP contribution in [0, 0.1) is 5.92 Å². The van der Waals surface area contributed by atoms with Gasteiger partial charge < -0.3 is 10.2 Å². The van der Waals surface area contributed by atoms with Crippen LogP contribution in [0.15, 0.2) is 83.7 Å². The zero-order chi connectivity index (χ0) is 24.2. The average Bonchev–Trinajstić information content (AvgIpc) is 2.90. The predicted molar refractivity (Wildman–Crippen MR) is 140 cm³/mol. The zero-order valence-corrected chi connectivity index (χ0v) is 20.1. The van der Waals surface area contributed by atoms with Crippen LogP contribution in [-0.2, 0) is 17.9 Å². The smallest absolute Gasteiger partial charge is 0.294 e. The van der Waals surface area contributed by atoms with Crippen molar-refractivity contribution in [3.63, 3.8) is 0 Å². The molecule has 7 heteroatoms. The summed E-state index contributed by atoms with van der Waals surface area (Å²) in [4.78, 5) is 33.4. The number of nitrogens with one attached hydrogen (secondary N) is 1. The number of halogens is 1. The van der Waals surface area contributed by atoms with Crippen molar-refractivity contribution >= 4 is 34.4 Å². The van der Waals surface area contributed by atoms with Crippen LogP contribution in [0.25, 0.3) is 11.0 Å². The maximum absolute atomic E-state index is 13.7. The van der Waals surface area contributed by atoms with Crippen LogP contribution in [-0.4, -0.2) is 28.5 Å². The van der Waals surface area contributed by atoms with Gasteiger partial charge in [0.05, 0.1) is 23.5 Å². The second kappa shape index (κ2) is 10.3. The summed E-state index contributed by atoms with van der Waals surface area (Å²) in [5, 5.41) is 3.65. The molecule has 178 valence electrons. The minimum atomic E-state index is -0.221. The second-order valence-corrected chi connectivity index (χ2v) is 9.30. The van der Waals surface area contributed by atoms with Gasteiger partial charge in [-0.1, -0.05) is 72.3 Å². The zero-order valence-electron chi connectivity index (χ0n) is 19.4. The Morgan fingerprint density at radius 1 is 1.00 bits per heavy atom. The number of hydrogen-bond donors (Lipinski definition) is 1. The molecule has 6 nitrogen and oxygen atoms in total. The SMILES string of the molecule is O=C(NCc1ccccc1Cl)[C@H]1CCCN(c2nc3ccccc3n(Cc3ccccc3)c2=O)C1. The van der Waals surface area contributed by atoms with Crippen LogP contribution >= 0.6 is 11.6 Å². The first-order valence-electron chi connectivity index (χ1n) is 11.9. The highest BCUT2D eigenvalue weighted by Gasteiger charge is 2.28. The van der Waals surface area contributed by atoms with Gasteiger partial charge in [-0.15, -0.1) is 0 Å². The van der Waals surface area contributed by atoms with Gasteiger partial charge in [0.1, 0.15) is 0 Å². The molecule has 1 fully saturated rings. The number of hydrogen-bond acceptors (Lipinski definition) is 4. The molecule has 0 bridgehead atoms. The number of amides is 1. The Labute approximate surface area is 209 Å². The lowest BCUT2D eigenvalue weighted by atomic mass is 9.97. The highest BCUT2D eigenvalue weighted by atomic mass is 35.5. The molecule has 1 aliphatic heterocycles. The Balaban J connectivity index is 1.39. The first kappa shape index (κ1) is 23.1. The van der Waals surface area contributed by atoms with Gasteiger partial charge in [-0.25, -0.2) is 4.98 Å². The number of carbonyl (C=O) groups excluding carboxylic acids is 1. The molecule has 5 rings (SSSR count). The number of piperidine rings is 1. The van der Waals surface area contributed by atoms with E-state index in [1.807, 2.05) is 83.8 Å². The summed E-state index contributed by atoms with van der Waals surface area (Å²) in [6.45, 7) is 2.00. The number of carbonyl (C=O) groups is 1. The highest BCUT2D eigenvalue weighted by molar-refractivity contribution is 6.31. The Bertz CT molecular complexity index is 1400. The highest BCUT2D eigenvalue weighted by Crippen LogP contribution is 2.23. The molecule has 0 aliphatic carbocycles. The number of fused-ring (bicyclic) bond motifs is 1. The van der Waals surface area contributed by atoms with Crippen molar-refractivity contribution in [2.75, 3.05) is 18.0 Å². The lowest BCUT2D eigenvalue weighted by Gasteiger charge is -2.33. The summed E-state index contributed by atoms with van der Waals surface area (Å²) >= 11 is 6.23. The van der Waals surface area contributed by atoms with E-state index in [4.69, 9.17) is 16.6 Å². The van der Waals surface area contributed by atoms with Gasteiger partial charge >= 0.3 is 0 Å². The minimum absolute atomic E-state index is 0.0278. The molecule has 1 aromatic heterocycles. The van der Waals surface area contributed by atoms with Crippen molar-refractivity contribution in [1.82, 2.24) is 14.9 Å². The summed E-state index contributed by atoms with van der Waals surface area (Å²) < 4.78 is 1.79. The first-order chi connectivity index (χ1) is 17.1. The van der Waals surface area contributed by atoms with Crippen LogP contribution in [0.5, 0.6) is 0 Å². The molecule has 0 radical (unpaired) electrons. The van der Waals surface area contributed by atoms with Gasteiger partial charge in [0, 0.05) is 24.7 Å². The van der Waals surface area contributed by atoms with E-state index in [0.29, 0.717) is 37.0 Å². The lowest BCUT2D eigenvalue weighted by Crippen LogP contribution is -2.45. The van der Waals surface area contributed by atoms with E-state index >= 15 is 0 Å². The van der Waals surface area contributed by atoms with E-state index in [0.717, 1.165) is 35.0 Å². The molecule has 1 saturated heterocycles. The third-order valence-electron chi connectivity index (χ3n) is 6.52. The van der Waals surface area contributed by atoms with Crippen molar-refractivity contribution in [3.05, 3.63) is 105 Å². The molecule has 1 aliphatic rings. The van der Waals surface area contributed by atoms with Gasteiger partial charge in [0.2, 0.25) is 5.91 Å².